The van der Waals surface area contributed by atoms with Crippen LogP contribution in [0.1, 0.15) is 30.4 Å². The number of nitrogens with one attached hydrogen (secondary N) is 1. The molecule has 0 heterocycles. The molecule has 1 aliphatic rings. The van der Waals surface area contributed by atoms with Crippen LogP contribution < -0.4 is 5.32 Å². The van der Waals surface area contributed by atoms with Gasteiger partial charge in [-0.1, -0.05) is 18.6 Å². The van der Waals surface area contributed by atoms with Gasteiger partial charge in [-0.25, -0.2) is 0 Å². The fraction of sp³-hybridized carbons (Fsp3) is 0.357. The van der Waals surface area contributed by atoms with Gasteiger partial charge in [0.25, 0.3) is 0 Å². The summed E-state index contributed by atoms with van der Waals surface area (Å²) in [7, 11) is 0. The number of hydrogen-bond acceptors (Lipinski definition) is 3. The van der Waals surface area contributed by atoms with Crippen LogP contribution in [0, 0.1) is 23.7 Å². The summed E-state index contributed by atoms with van der Waals surface area (Å²) in [6.07, 6.45) is 1.43. The second-order valence-electron chi connectivity index (χ2n) is 4.80. The number of rotatable bonds is 3. The van der Waals surface area contributed by atoms with Crippen molar-refractivity contribution in [3.8, 4) is 6.07 Å². The van der Waals surface area contributed by atoms with E-state index in [1.807, 2.05) is 6.07 Å². The van der Waals surface area contributed by atoms with Crippen molar-refractivity contribution in [2.75, 3.05) is 5.32 Å². The Morgan fingerprint density at radius 3 is 2.58 bits per heavy atom. The first kappa shape index (κ1) is 13.1. The van der Waals surface area contributed by atoms with E-state index in [1.165, 1.54) is 0 Å². The molecular formula is C14H14N2O3. The van der Waals surface area contributed by atoms with Crippen LogP contribution in [0.3, 0.4) is 0 Å². The molecular weight excluding hydrogens is 244 g/mol. The highest BCUT2D eigenvalue weighted by Gasteiger charge is 2.51. The van der Waals surface area contributed by atoms with Gasteiger partial charge in [-0.05, 0) is 31.4 Å². The number of carboxylic acid groups (broad SMARTS) is 1. The number of hydrogen-bond donors (Lipinski definition) is 2. The number of carboxylic acids is 1. The van der Waals surface area contributed by atoms with Gasteiger partial charge < -0.3 is 10.4 Å². The summed E-state index contributed by atoms with van der Waals surface area (Å²) in [6, 6.07) is 7.12. The molecule has 5 nitrogen and oxygen atoms in total. The highest BCUT2D eigenvalue weighted by Crippen LogP contribution is 2.42. The Bertz CT molecular complexity index is 583. The van der Waals surface area contributed by atoms with Gasteiger partial charge in [0.2, 0.25) is 5.91 Å². The van der Waals surface area contributed by atoms with Crippen LogP contribution in [-0.2, 0) is 9.59 Å². The van der Waals surface area contributed by atoms with Crippen molar-refractivity contribution in [3.05, 3.63) is 29.3 Å². The number of aryl methyl sites for hydroxylation is 1. The Morgan fingerprint density at radius 2 is 2.11 bits per heavy atom. The summed E-state index contributed by atoms with van der Waals surface area (Å²) in [5, 5.41) is 20.8. The minimum atomic E-state index is -1.32. The van der Waals surface area contributed by atoms with Crippen LogP contribution in [0.2, 0.25) is 0 Å². The van der Waals surface area contributed by atoms with Crippen LogP contribution in [0.5, 0.6) is 0 Å². The summed E-state index contributed by atoms with van der Waals surface area (Å²) >= 11 is 0. The molecule has 0 spiro atoms. The fourth-order valence-corrected chi connectivity index (χ4v) is 2.23. The molecule has 1 fully saturated rings. The third kappa shape index (κ3) is 2.06. The number of nitriles is 1. The SMILES string of the molecule is Cc1cccc(NC(=O)C2(C(=O)O)CCC2)c1C#N. The van der Waals surface area contributed by atoms with Crippen molar-refractivity contribution in [3.63, 3.8) is 0 Å². The third-order valence-electron chi connectivity index (χ3n) is 3.68. The van der Waals surface area contributed by atoms with Crippen LogP contribution in [0.25, 0.3) is 0 Å². The lowest BCUT2D eigenvalue weighted by Crippen LogP contribution is -2.48. The zero-order valence-electron chi connectivity index (χ0n) is 10.6. The van der Waals surface area contributed by atoms with Gasteiger partial charge in [0, 0.05) is 0 Å². The molecule has 1 aliphatic carbocycles. The molecule has 0 aromatic heterocycles. The van der Waals surface area contributed by atoms with Crippen molar-refractivity contribution in [2.24, 2.45) is 5.41 Å². The molecule has 1 saturated carbocycles. The van der Waals surface area contributed by atoms with Gasteiger partial charge in [-0.15, -0.1) is 0 Å². The third-order valence-corrected chi connectivity index (χ3v) is 3.68. The zero-order valence-corrected chi connectivity index (χ0v) is 10.6. The lowest BCUT2D eigenvalue weighted by atomic mass is 9.68. The highest BCUT2D eigenvalue weighted by atomic mass is 16.4. The molecule has 0 saturated heterocycles. The maximum Gasteiger partial charge on any atom is 0.319 e. The van der Waals surface area contributed by atoms with E-state index >= 15 is 0 Å². The number of benzene rings is 1. The highest BCUT2D eigenvalue weighted by molar-refractivity contribution is 6.09. The predicted molar refractivity (Wildman–Crippen MR) is 68.4 cm³/mol. The van der Waals surface area contributed by atoms with Gasteiger partial charge in [-0.3, -0.25) is 9.59 Å². The monoisotopic (exact) mass is 258 g/mol. The molecule has 0 bridgehead atoms. The molecule has 5 heteroatoms. The Hall–Kier alpha value is -2.35. The number of nitrogens with zero attached hydrogens (tertiary/aromatic N) is 1. The van der Waals surface area contributed by atoms with Gasteiger partial charge >= 0.3 is 5.97 Å². The normalized spacial score (nSPS) is 16.0. The second-order valence-corrected chi connectivity index (χ2v) is 4.80. The van der Waals surface area contributed by atoms with Crippen molar-refractivity contribution in [1.82, 2.24) is 0 Å². The van der Waals surface area contributed by atoms with Gasteiger partial charge in [0.15, 0.2) is 0 Å². The van der Waals surface area contributed by atoms with Crippen LogP contribution in [0.15, 0.2) is 18.2 Å². The van der Waals surface area contributed by atoms with Crippen LogP contribution in [0.4, 0.5) is 5.69 Å². The minimum absolute atomic E-state index is 0.349. The Morgan fingerprint density at radius 1 is 1.42 bits per heavy atom. The maximum absolute atomic E-state index is 12.1. The van der Waals surface area contributed by atoms with E-state index < -0.39 is 17.3 Å². The van der Waals surface area contributed by atoms with Crippen molar-refractivity contribution in [2.45, 2.75) is 26.2 Å². The lowest BCUT2D eigenvalue weighted by molar-refractivity contribution is -0.159. The van der Waals surface area contributed by atoms with Gasteiger partial charge in [-0.2, -0.15) is 5.26 Å². The largest absolute Gasteiger partial charge is 0.480 e. The molecule has 0 atom stereocenters. The number of anilines is 1. The van der Waals surface area contributed by atoms with E-state index in [-0.39, 0.29) is 0 Å². The summed E-state index contributed by atoms with van der Waals surface area (Å²) in [4.78, 5) is 23.4. The van der Waals surface area contributed by atoms with Gasteiger partial charge in [0.1, 0.15) is 11.5 Å². The standard InChI is InChI=1S/C14H14N2O3/c1-9-4-2-5-11(10(9)8-15)16-12(17)14(13(18)19)6-3-7-14/h2,4-5H,3,6-7H2,1H3,(H,16,17)(H,18,19). The number of aliphatic carboxylic acids is 1. The van der Waals surface area contributed by atoms with Crippen LogP contribution in [-0.4, -0.2) is 17.0 Å². The first-order valence-electron chi connectivity index (χ1n) is 6.06. The quantitative estimate of drug-likeness (QED) is 0.812. The van der Waals surface area contributed by atoms with Gasteiger partial charge in [0.05, 0.1) is 11.3 Å². The molecule has 98 valence electrons. The average Bonchev–Trinajstić information content (AvgIpc) is 2.27. The molecule has 0 unspecified atom stereocenters. The van der Waals surface area contributed by atoms with Crippen LogP contribution >= 0.6 is 0 Å². The second kappa shape index (κ2) is 4.73. The molecule has 19 heavy (non-hydrogen) atoms. The number of amides is 1. The average molecular weight is 258 g/mol. The number of carbonyl (C=O) groups is 2. The minimum Gasteiger partial charge on any atom is -0.480 e. The topological polar surface area (TPSA) is 90.2 Å². The number of carbonyl (C=O) groups excluding carboxylic acids is 1. The Kier molecular flexibility index (Phi) is 3.26. The molecule has 2 N–H and O–H groups in total. The molecule has 1 amide bonds. The molecule has 1 aromatic rings. The predicted octanol–water partition coefficient (Wildman–Crippen LogP) is 2.06. The van der Waals surface area contributed by atoms with Crippen molar-refractivity contribution in [1.29, 1.82) is 5.26 Å². The molecule has 1 aromatic carbocycles. The Labute approximate surface area is 110 Å². The summed E-state index contributed by atoms with van der Waals surface area (Å²) in [6.45, 7) is 1.77. The van der Waals surface area contributed by atoms with Crippen molar-refractivity contribution >= 4 is 17.6 Å². The summed E-state index contributed by atoms with van der Waals surface area (Å²) in [5.41, 5.74) is 0.172. The fourth-order valence-electron chi connectivity index (χ4n) is 2.23. The van der Waals surface area contributed by atoms with E-state index in [1.54, 1.807) is 25.1 Å². The molecule has 0 aliphatic heterocycles. The summed E-state index contributed by atoms with van der Waals surface area (Å²) in [5.74, 6) is -1.63. The molecule has 0 radical (unpaired) electrons. The van der Waals surface area contributed by atoms with E-state index in [2.05, 4.69) is 5.32 Å². The zero-order chi connectivity index (χ0) is 14.0. The van der Waals surface area contributed by atoms with E-state index in [4.69, 9.17) is 5.26 Å². The van der Waals surface area contributed by atoms with E-state index in [0.717, 1.165) is 12.0 Å². The van der Waals surface area contributed by atoms with E-state index in [9.17, 15) is 14.7 Å². The van der Waals surface area contributed by atoms with E-state index in [0.29, 0.717) is 24.1 Å². The summed E-state index contributed by atoms with van der Waals surface area (Å²) < 4.78 is 0. The van der Waals surface area contributed by atoms with Crippen molar-refractivity contribution < 1.29 is 14.7 Å². The lowest BCUT2D eigenvalue weighted by Gasteiger charge is -2.35. The first-order chi connectivity index (χ1) is 9.01. The smallest absolute Gasteiger partial charge is 0.319 e. The molecule has 2 rings (SSSR count). The first-order valence-corrected chi connectivity index (χ1v) is 6.06. The Balaban J connectivity index is 2.28. The maximum atomic E-state index is 12.1.